The predicted molar refractivity (Wildman–Crippen MR) is 62.2 cm³/mol. The van der Waals surface area contributed by atoms with Gasteiger partial charge in [0.25, 0.3) is 0 Å². The number of carboxylic acid groups (broad SMARTS) is 1. The maximum atomic E-state index is 11.3. The molecule has 1 aromatic carbocycles. The first-order valence-corrected chi connectivity index (χ1v) is 5.68. The summed E-state index contributed by atoms with van der Waals surface area (Å²) in [7, 11) is 2.01. The summed E-state index contributed by atoms with van der Waals surface area (Å²) >= 11 is 0. The zero-order valence-electron chi connectivity index (χ0n) is 9.47. The normalized spacial score (nSPS) is 26.6. The van der Waals surface area contributed by atoms with Gasteiger partial charge < -0.3 is 5.11 Å². The monoisotopic (exact) mass is 219 g/mol. The molecule has 0 unspecified atom stereocenters. The fraction of sp³-hybridized carbons (Fsp3) is 0.462. The van der Waals surface area contributed by atoms with E-state index in [4.69, 9.17) is 0 Å². The summed E-state index contributed by atoms with van der Waals surface area (Å²) in [4.78, 5) is 13.4. The Hall–Kier alpha value is -1.35. The average molecular weight is 219 g/mol. The molecule has 2 rings (SSSR count). The third-order valence-corrected chi connectivity index (χ3v) is 3.34. The van der Waals surface area contributed by atoms with Gasteiger partial charge in [0.1, 0.15) is 0 Å². The Morgan fingerprint density at radius 1 is 1.38 bits per heavy atom. The van der Waals surface area contributed by atoms with Crippen LogP contribution in [0.1, 0.15) is 24.4 Å². The number of carbonyl (C=O) groups is 1. The Labute approximate surface area is 95.7 Å². The number of piperidine rings is 1. The summed E-state index contributed by atoms with van der Waals surface area (Å²) < 4.78 is 0. The van der Waals surface area contributed by atoms with Crippen molar-refractivity contribution in [2.45, 2.75) is 18.9 Å². The zero-order chi connectivity index (χ0) is 11.5. The van der Waals surface area contributed by atoms with Crippen molar-refractivity contribution in [1.29, 1.82) is 0 Å². The fourth-order valence-electron chi connectivity index (χ4n) is 2.56. The van der Waals surface area contributed by atoms with E-state index in [1.807, 2.05) is 37.4 Å². The second-order valence-corrected chi connectivity index (χ2v) is 4.42. The van der Waals surface area contributed by atoms with Gasteiger partial charge in [0.15, 0.2) is 0 Å². The molecule has 3 nitrogen and oxygen atoms in total. The van der Waals surface area contributed by atoms with Gasteiger partial charge in [-0.1, -0.05) is 30.3 Å². The molecule has 2 atom stereocenters. The van der Waals surface area contributed by atoms with Crippen LogP contribution < -0.4 is 0 Å². The minimum atomic E-state index is -0.680. The van der Waals surface area contributed by atoms with Crippen molar-refractivity contribution in [3.05, 3.63) is 35.9 Å². The Morgan fingerprint density at radius 3 is 2.69 bits per heavy atom. The van der Waals surface area contributed by atoms with Gasteiger partial charge in [-0.2, -0.15) is 0 Å². The number of aliphatic carboxylic acids is 1. The SMILES string of the molecule is CN1CCC[C@@H](C(=O)O)[C@H]1c1ccccc1. The molecule has 0 bridgehead atoms. The maximum Gasteiger partial charge on any atom is 0.308 e. The molecule has 1 aromatic rings. The molecule has 1 N–H and O–H groups in total. The van der Waals surface area contributed by atoms with E-state index < -0.39 is 5.97 Å². The van der Waals surface area contributed by atoms with Crippen molar-refractivity contribution in [3.8, 4) is 0 Å². The second-order valence-electron chi connectivity index (χ2n) is 4.42. The fourth-order valence-corrected chi connectivity index (χ4v) is 2.56. The molecule has 3 heteroatoms. The van der Waals surface area contributed by atoms with E-state index in [0.717, 1.165) is 24.9 Å². The molecular formula is C13H17NO2. The van der Waals surface area contributed by atoms with E-state index in [1.165, 1.54) is 0 Å². The topological polar surface area (TPSA) is 40.5 Å². The van der Waals surface area contributed by atoms with Crippen molar-refractivity contribution in [3.63, 3.8) is 0 Å². The molecule has 0 aromatic heterocycles. The molecule has 0 spiro atoms. The lowest BCUT2D eigenvalue weighted by atomic mass is 9.85. The molecular weight excluding hydrogens is 202 g/mol. The van der Waals surface area contributed by atoms with E-state index in [9.17, 15) is 9.90 Å². The van der Waals surface area contributed by atoms with Crippen molar-refractivity contribution in [1.82, 2.24) is 4.90 Å². The van der Waals surface area contributed by atoms with Crippen LogP contribution in [0.15, 0.2) is 30.3 Å². The third-order valence-electron chi connectivity index (χ3n) is 3.34. The first kappa shape index (κ1) is 11.1. The van der Waals surface area contributed by atoms with Crippen LogP contribution in [0.25, 0.3) is 0 Å². The number of rotatable bonds is 2. The first-order chi connectivity index (χ1) is 7.70. The molecule has 0 radical (unpaired) electrons. The van der Waals surface area contributed by atoms with E-state index in [2.05, 4.69) is 4.90 Å². The summed E-state index contributed by atoms with van der Waals surface area (Å²) in [5.41, 5.74) is 1.11. The van der Waals surface area contributed by atoms with Crippen LogP contribution in [-0.2, 0) is 4.79 Å². The number of hydrogen-bond donors (Lipinski definition) is 1. The molecule has 1 fully saturated rings. The van der Waals surface area contributed by atoms with Crippen LogP contribution in [0.5, 0.6) is 0 Å². The summed E-state index contributed by atoms with van der Waals surface area (Å²) in [6.45, 7) is 0.976. The van der Waals surface area contributed by atoms with E-state index in [0.29, 0.717) is 0 Å². The maximum absolute atomic E-state index is 11.3. The lowest BCUT2D eigenvalue weighted by molar-refractivity contribution is -0.145. The van der Waals surface area contributed by atoms with Crippen molar-refractivity contribution < 1.29 is 9.90 Å². The van der Waals surface area contributed by atoms with E-state index in [1.54, 1.807) is 0 Å². The Balaban J connectivity index is 2.30. The molecule has 1 heterocycles. The van der Waals surface area contributed by atoms with Gasteiger partial charge in [0.05, 0.1) is 5.92 Å². The number of nitrogens with zero attached hydrogens (tertiary/aromatic N) is 1. The van der Waals surface area contributed by atoms with Gasteiger partial charge in [-0.25, -0.2) is 0 Å². The van der Waals surface area contributed by atoms with Crippen LogP contribution in [0, 0.1) is 5.92 Å². The highest BCUT2D eigenvalue weighted by atomic mass is 16.4. The van der Waals surface area contributed by atoms with Crippen LogP contribution in [0.4, 0.5) is 0 Å². The Kier molecular flexibility index (Phi) is 3.25. The van der Waals surface area contributed by atoms with Gasteiger partial charge >= 0.3 is 5.97 Å². The van der Waals surface area contributed by atoms with Gasteiger partial charge in [0.2, 0.25) is 0 Å². The molecule has 16 heavy (non-hydrogen) atoms. The Morgan fingerprint density at radius 2 is 2.06 bits per heavy atom. The molecule has 1 saturated heterocycles. The minimum absolute atomic E-state index is 0.0208. The molecule has 0 saturated carbocycles. The van der Waals surface area contributed by atoms with Crippen molar-refractivity contribution in [2.75, 3.05) is 13.6 Å². The van der Waals surface area contributed by atoms with Crippen LogP contribution in [0.3, 0.4) is 0 Å². The smallest absolute Gasteiger partial charge is 0.308 e. The average Bonchev–Trinajstić information content (AvgIpc) is 2.29. The number of carboxylic acids is 1. The van der Waals surface area contributed by atoms with Gasteiger partial charge in [-0.3, -0.25) is 9.69 Å². The van der Waals surface area contributed by atoms with Gasteiger partial charge in [-0.05, 0) is 32.0 Å². The third kappa shape index (κ3) is 2.09. The first-order valence-electron chi connectivity index (χ1n) is 5.68. The molecule has 0 amide bonds. The highest BCUT2D eigenvalue weighted by molar-refractivity contribution is 5.71. The van der Waals surface area contributed by atoms with E-state index in [-0.39, 0.29) is 12.0 Å². The highest BCUT2D eigenvalue weighted by Crippen LogP contribution is 2.34. The van der Waals surface area contributed by atoms with Crippen LogP contribution in [-0.4, -0.2) is 29.6 Å². The van der Waals surface area contributed by atoms with Crippen LogP contribution in [0.2, 0.25) is 0 Å². The summed E-state index contributed by atoms with van der Waals surface area (Å²) in [5, 5.41) is 9.26. The zero-order valence-corrected chi connectivity index (χ0v) is 9.47. The minimum Gasteiger partial charge on any atom is -0.481 e. The number of benzene rings is 1. The van der Waals surface area contributed by atoms with Gasteiger partial charge in [-0.15, -0.1) is 0 Å². The molecule has 0 aliphatic carbocycles. The molecule has 1 aliphatic heterocycles. The second kappa shape index (κ2) is 4.66. The van der Waals surface area contributed by atoms with Crippen molar-refractivity contribution >= 4 is 5.97 Å². The number of hydrogen-bond acceptors (Lipinski definition) is 2. The number of likely N-dealkylation sites (tertiary alicyclic amines) is 1. The van der Waals surface area contributed by atoms with Gasteiger partial charge in [0, 0.05) is 6.04 Å². The predicted octanol–water partition coefficient (Wildman–Crippen LogP) is 2.15. The standard InChI is InChI=1S/C13H17NO2/c1-14-9-5-8-11(13(15)16)12(14)10-6-3-2-4-7-10/h2-4,6-7,11-12H,5,8-9H2,1H3,(H,15,16)/t11-,12-/m1/s1. The van der Waals surface area contributed by atoms with Crippen LogP contribution >= 0.6 is 0 Å². The quantitative estimate of drug-likeness (QED) is 0.828. The summed E-state index contributed by atoms with van der Waals surface area (Å²) in [6.07, 6.45) is 1.75. The van der Waals surface area contributed by atoms with E-state index >= 15 is 0 Å². The lowest BCUT2D eigenvalue weighted by Crippen LogP contribution is -2.39. The van der Waals surface area contributed by atoms with Crippen molar-refractivity contribution in [2.24, 2.45) is 5.92 Å². The highest BCUT2D eigenvalue weighted by Gasteiger charge is 2.34. The summed E-state index contributed by atoms with van der Waals surface area (Å²) in [6, 6.07) is 9.95. The lowest BCUT2D eigenvalue weighted by Gasteiger charge is -2.37. The Bertz CT molecular complexity index is 363. The molecule has 1 aliphatic rings. The largest absolute Gasteiger partial charge is 0.481 e. The summed E-state index contributed by atoms with van der Waals surface area (Å²) in [5.74, 6) is -0.957. The molecule has 86 valence electrons.